The van der Waals surface area contributed by atoms with Crippen molar-refractivity contribution >= 4 is 17.7 Å². The van der Waals surface area contributed by atoms with E-state index in [4.69, 9.17) is 9.47 Å². The molecular weight excluding hydrogens is 427 g/mol. The summed E-state index contributed by atoms with van der Waals surface area (Å²) in [5, 5.41) is 2.46. The molecule has 0 aliphatic carbocycles. The van der Waals surface area contributed by atoms with Gasteiger partial charge in [-0.15, -0.1) is 0 Å². The summed E-state index contributed by atoms with van der Waals surface area (Å²) in [4.78, 5) is 37.1. The van der Waals surface area contributed by atoms with Crippen LogP contribution < -0.4 is 10.1 Å². The van der Waals surface area contributed by atoms with Crippen LogP contribution in [0.4, 0.5) is 4.39 Å². The predicted octanol–water partition coefficient (Wildman–Crippen LogP) is 3.79. The first-order valence-corrected chi connectivity index (χ1v) is 10.5. The monoisotopic (exact) mass is 452 g/mol. The van der Waals surface area contributed by atoms with Gasteiger partial charge < -0.3 is 19.4 Å². The van der Waals surface area contributed by atoms with Crippen LogP contribution in [0, 0.1) is 19.7 Å². The molecule has 0 spiro atoms. The van der Waals surface area contributed by atoms with E-state index in [-0.39, 0.29) is 0 Å². The summed E-state index contributed by atoms with van der Waals surface area (Å²) < 4.78 is 26.3. The Balaban J connectivity index is 1.59. The van der Waals surface area contributed by atoms with E-state index in [2.05, 4.69) is 5.32 Å². The Hall–Kier alpha value is -3.94. The molecule has 3 rings (SSSR count). The Kier molecular flexibility index (Phi) is 7.61. The summed E-state index contributed by atoms with van der Waals surface area (Å²) in [7, 11) is 0. The molecule has 1 heterocycles. The number of aromatic nitrogens is 1. The van der Waals surface area contributed by atoms with Gasteiger partial charge in [-0.1, -0.05) is 24.3 Å². The Morgan fingerprint density at radius 2 is 1.70 bits per heavy atom. The van der Waals surface area contributed by atoms with Gasteiger partial charge >= 0.3 is 5.97 Å². The van der Waals surface area contributed by atoms with E-state index in [1.165, 1.54) is 6.07 Å². The van der Waals surface area contributed by atoms with Crippen molar-refractivity contribution in [3.63, 3.8) is 0 Å². The smallest absolute Gasteiger partial charge is 0.325 e. The summed E-state index contributed by atoms with van der Waals surface area (Å²) in [6.07, 6.45) is 0. The van der Waals surface area contributed by atoms with Crippen molar-refractivity contribution in [2.75, 3.05) is 19.8 Å². The van der Waals surface area contributed by atoms with Crippen molar-refractivity contribution in [2.24, 2.45) is 0 Å². The molecule has 0 saturated carbocycles. The molecule has 8 heteroatoms. The second kappa shape index (κ2) is 10.6. The van der Waals surface area contributed by atoms with Crippen molar-refractivity contribution in [3.05, 3.63) is 82.9 Å². The normalized spacial score (nSPS) is 10.5. The zero-order valence-corrected chi connectivity index (χ0v) is 18.7. The number of nitrogens with zero attached hydrogens (tertiary/aromatic N) is 1. The molecule has 33 heavy (non-hydrogen) atoms. The van der Waals surface area contributed by atoms with Gasteiger partial charge in [0.1, 0.15) is 18.1 Å². The number of nitrogens with one attached hydrogen (secondary N) is 1. The third kappa shape index (κ3) is 5.46. The highest BCUT2D eigenvalue weighted by molar-refractivity contribution is 6.00. The van der Waals surface area contributed by atoms with Crippen molar-refractivity contribution in [3.8, 4) is 11.4 Å². The highest BCUT2D eigenvalue weighted by atomic mass is 19.1. The predicted molar refractivity (Wildman–Crippen MR) is 120 cm³/mol. The van der Waals surface area contributed by atoms with Crippen LogP contribution >= 0.6 is 0 Å². The Morgan fingerprint density at radius 3 is 2.42 bits per heavy atom. The minimum atomic E-state index is -0.756. The van der Waals surface area contributed by atoms with Crippen LogP contribution in [-0.4, -0.2) is 42.0 Å². The number of aryl methyl sites for hydroxylation is 1. The lowest BCUT2D eigenvalue weighted by Gasteiger charge is -2.11. The molecule has 0 unspecified atom stereocenters. The molecule has 2 aromatic carbocycles. The van der Waals surface area contributed by atoms with Crippen molar-refractivity contribution in [1.29, 1.82) is 0 Å². The number of carbonyl (C=O) groups excluding carboxylic acids is 3. The zero-order valence-electron chi connectivity index (χ0n) is 18.7. The fraction of sp³-hybridized carbons (Fsp3) is 0.240. The highest BCUT2D eigenvalue weighted by Gasteiger charge is 2.20. The number of rotatable bonds is 9. The maximum absolute atomic E-state index is 14.2. The van der Waals surface area contributed by atoms with Gasteiger partial charge in [-0.05, 0) is 51.1 Å². The molecule has 0 aliphatic rings. The van der Waals surface area contributed by atoms with E-state index in [1.54, 1.807) is 73.9 Å². The first-order chi connectivity index (χ1) is 15.8. The largest absolute Gasteiger partial charge is 0.493 e. The number of ketones is 1. The second-order valence-electron chi connectivity index (χ2n) is 7.27. The number of halogens is 1. The Morgan fingerprint density at radius 1 is 1.00 bits per heavy atom. The van der Waals surface area contributed by atoms with Crippen molar-refractivity contribution in [2.45, 2.75) is 20.8 Å². The van der Waals surface area contributed by atoms with Gasteiger partial charge in [0.05, 0.1) is 17.9 Å². The van der Waals surface area contributed by atoms with E-state index in [0.717, 1.165) is 0 Å². The minimum Gasteiger partial charge on any atom is -0.493 e. The van der Waals surface area contributed by atoms with E-state index < -0.39 is 36.6 Å². The van der Waals surface area contributed by atoms with E-state index in [1.807, 2.05) is 0 Å². The van der Waals surface area contributed by atoms with Gasteiger partial charge in [0.2, 0.25) is 5.78 Å². The molecule has 0 radical (unpaired) electrons. The number of amides is 1. The molecule has 0 aliphatic heterocycles. The molecule has 172 valence electrons. The molecule has 0 saturated heterocycles. The zero-order chi connectivity index (χ0) is 24.0. The third-order valence-corrected chi connectivity index (χ3v) is 5.01. The van der Waals surface area contributed by atoms with E-state index >= 15 is 0 Å². The maximum atomic E-state index is 14.2. The SMILES string of the molecule is CCOc1ccccc1C(=O)NCC(=O)OCC(=O)c1cc(C)n(-c2ccccc2F)c1C. The van der Waals surface area contributed by atoms with Gasteiger partial charge in [-0.25, -0.2) is 4.39 Å². The molecule has 1 N–H and O–H groups in total. The maximum Gasteiger partial charge on any atom is 0.325 e. The number of ether oxygens (including phenoxy) is 2. The van der Waals surface area contributed by atoms with Gasteiger partial charge in [0.15, 0.2) is 6.61 Å². The number of esters is 1. The number of para-hydroxylation sites is 2. The summed E-state index contributed by atoms with van der Waals surface area (Å²) >= 11 is 0. The van der Waals surface area contributed by atoms with Crippen LogP contribution in [0.15, 0.2) is 54.6 Å². The lowest BCUT2D eigenvalue weighted by atomic mass is 10.1. The Labute approximate surface area is 191 Å². The minimum absolute atomic E-state index is 0.295. The highest BCUT2D eigenvalue weighted by Crippen LogP contribution is 2.23. The van der Waals surface area contributed by atoms with Crippen molar-refractivity contribution in [1.82, 2.24) is 9.88 Å². The average Bonchev–Trinajstić information content (AvgIpc) is 3.10. The van der Waals surface area contributed by atoms with E-state index in [0.29, 0.717) is 40.6 Å². The number of Topliss-reactive ketones (excluding diaryl/α,β-unsaturated/α-hetero) is 1. The lowest BCUT2D eigenvalue weighted by molar-refractivity contribution is -0.141. The van der Waals surface area contributed by atoms with Gasteiger partial charge in [-0.3, -0.25) is 14.4 Å². The summed E-state index contributed by atoms with van der Waals surface area (Å²) in [6, 6.07) is 14.6. The van der Waals surface area contributed by atoms with Gasteiger partial charge in [0.25, 0.3) is 5.91 Å². The van der Waals surface area contributed by atoms with Crippen LogP contribution in [0.25, 0.3) is 5.69 Å². The fourth-order valence-electron chi connectivity index (χ4n) is 3.51. The van der Waals surface area contributed by atoms with Crippen LogP contribution in [0.5, 0.6) is 5.75 Å². The third-order valence-electron chi connectivity index (χ3n) is 5.01. The van der Waals surface area contributed by atoms with Crippen LogP contribution in [-0.2, 0) is 9.53 Å². The lowest BCUT2D eigenvalue weighted by Crippen LogP contribution is -2.31. The first-order valence-electron chi connectivity index (χ1n) is 10.5. The fourth-order valence-corrected chi connectivity index (χ4v) is 3.51. The molecular formula is C25H25FN2O5. The topological polar surface area (TPSA) is 86.6 Å². The van der Waals surface area contributed by atoms with Crippen LogP contribution in [0.2, 0.25) is 0 Å². The molecule has 0 bridgehead atoms. The number of carbonyl (C=O) groups is 3. The summed E-state index contributed by atoms with van der Waals surface area (Å²) in [5.74, 6) is -1.67. The standard InChI is InChI=1S/C25H25FN2O5/c1-4-32-23-12-8-5-9-18(23)25(31)27-14-24(30)33-15-22(29)19-13-16(2)28(17(19)3)21-11-7-6-10-20(21)26/h5-13H,4,14-15H2,1-3H3,(H,27,31). The molecule has 0 fully saturated rings. The molecule has 1 amide bonds. The molecule has 3 aromatic rings. The second-order valence-corrected chi connectivity index (χ2v) is 7.27. The quantitative estimate of drug-likeness (QED) is 0.394. The van der Waals surface area contributed by atoms with Gasteiger partial charge in [0, 0.05) is 17.0 Å². The molecule has 1 aromatic heterocycles. The molecule has 0 atom stereocenters. The first kappa shape index (κ1) is 23.7. The average molecular weight is 452 g/mol. The number of hydrogen-bond acceptors (Lipinski definition) is 5. The Bertz CT molecular complexity index is 1190. The molecule has 7 nitrogen and oxygen atoms in total. The van der Waals surface area contributed by atoms with Gasteiger partial charge in [-0.2, -0.15) is 0 Å². The number of hydrogen-bond donors (Lipinski definition) is 1. The van der Waals surface area contributed by atoms with E-state index in [9.17, 15) is 18.8 Å². The summed E-state index contributed by atoms with van der Waals surface area (Å²) in [6.45, 7) is 4.76. The summed E-state index contributed by atoms with van der Waals surface area (Å²) in [5.41, 5.74) is 2.17. The van der Waals surface area contributed by atoms with Crippen LogP contribution in [0.1, 0.15) is 39.0 Å². The van der Waals surface area contributed by atoms with Crippen molar-refractivity contribution < 1.29 is 28.2 Å². The number of benzene rings is 2. The van der Waals surface area contributed by atoms with Crippen LogP contribution in [0.3, 0.4) is 0 Å².